The van der Waals surface area contributed by atoms with Crippen molar-refractivity contribution in [2.75, 3.05) is 6.54 Å². The molecule has 0 saturated heterocycles. The number of hydrogen-bond donors (Lipinski definition) is 2. The fourth-order valence-electron chi connectivity index (χ4n) is 2.41. The molecule has 2 N–H and O–H groups in total. The number of nitrogens with one attached hydrogen (secondary N) is 1. The number of imidazole rings is 1. The first-order valence-corrected chi connectivity index (χ1v) is 7.43. The fourth-order valence-corrected chi connectivity index (χ4v) is 2.41. The van der Waals surface area contributed by atoms with E-state index in [9.17, 15) is 9.90 Å². The van der Waals surface area contributed by atoms with Gasteiger partial charge in [0.1, 0.15) is 5.52 Å². The van der Waals surface area contributed by atoms with Gasteiger partial charge in [0.05, 0.1) is 18.0 Å². The lowest BCUT2D eigenvalue weighted by molar-refractivity contribution is 0.0942. The second-order valence-corrected chi connectivity index (χ2v) is 5.39. The quantitative estimate of drug-likeness (QED) is 0.753. The molecule has 0 fully saturated rings. The molecular formula is C17H18N4O2. The van der Waals surface area contributed by atoms with E-state index in [0.717, 1.165) is 11.2 Å². The van der Waals surface area contributed by atoms with Crippen LogP contribution in [0.15, 0.2) is 48.9 Å². The SMILES string of the molecule is Cn1cnc2cc(C(=O)NCCC(O)c3ccccc3)cnc21. The van der Waals surface area contributed by atoms with Crippen LogP contribution >= 0.6 is 0 Å². The minimum atomic E-state index is -0.590. The molecule has 1 atom stereocenters. The molecule has 23 heavy (non-hydrogen) atoms. The molecular weight excluding hydrogens is 292 g/mol. The number of rotatable bonds is 5. The summed E-state index contributed by atoms with van der Waals surface area (Å²) in [7, 11) is 1.85. The van der Waals surface area contributed by atoms with Crippen LogP contribution in [0.4, 0.5) is 0 Å². The Morgan fingerprint density at radius 2 is 2.09 bits per heavy atom. The number of aromatic nitrogens is 3. The molecule has 3 rings (SSSR count). The minimum absolute atomic E-state index is 0.217. The fraction of sp³-hybridized carbons (Fsp3) is 0.235. The second kappa shape index (κ2) is 6.58. The van der Waals surface area contributed by atoms with Gasteiger partial charge in [-0.3, -0.25) is 4.79 Å². The van der Waals surface area contributed by atoms with Crippen molar-refractivity contribution in [1.82, 2.24) is 19.9 Å². The van der Waals surface area contributed by atoms with E-state index in [1.54, 1.807) is 17.0 Å². The highest BCUT2D eigenvalue weighted by molar-refractivity contribution is 5.96. The van der Waals surface area contributed by atoms with Crippen molar-refractivity contribution >= 4 is 17.1 Å². The van der Waals surface area contributed by atoms with Crippen molar-refractivity contribution in [3.8, 4) is 0 Å². The molecule has 0 bridgehead atoms. The van der Waals surface area contributed by atoms with E-state index in [1.165, 1.54) is 6.20 Å². The summed E-state index contributed by atoms with van der Waals surface area (Å²) in [6, 6.07) is 11.1. The monoisotopic (exact) mass is 310 g/mol. The van der Waals surface area contributed by atoms with Gasteiger partial charge in [0.15, 0.2) is 5.65 Å². The van der Waals surface area contributed by atoms with Gasteiger partial charge in [-0.15, -0.1) is 0 Å². The Balaban J connectivity index is 1.58. The van der Waals surface area contributed by atoms with Crippen LogP contribution in [0.25, 0.3) is 11.2 Å². The van der Waals surface area contributed by atoms with Gasteiger partial charge >= 0.3 is 0 Å². The Kier molecular flexibility index (Phi) is 4.34. The van der Waals surface area contributed by atoms with Crippen molar-refractivity contribution < 1.29 is 9.90 Å². The zero-order valence-corrected chi connectivity index (χ0v) is 12.8. The molecule has 118 valence electrons. The minimum Gasteiger partial charge on any atom is -0.388 e. The largest absolute Gasteiger partial charge is 0.388 e. The highest BCUT2D eigenvalue weighted by Crippen LogP contribution is 2.15. The Morgan fingerprint density at radius 1 is 1.30 bits per heavy atom. The van der Waals surface area contributed by atoms with E-state index in [0.29, 0.717) is 24.0 Å². The molecule has 6 nitrogen and oxygen atoms in total. The topological polar surface area (TPSA) is 80.0 Å². The number of benzene rings is 1. The molecule has 0 spiro atoms. The molecule has 0 aliphatic rings. The summed E-state index contributed by atoms with van der Waals surface area (Å²) < 4.78 is 1.80. The van der Waals surface area contributed by atoms with Crippen molar-refractivity contribution in [2.24, 2.45) is 7.05 Å². The molecule has 0 aliphatic carbocycles. The highest BCUT2D eigenvalue weighted by Gasteiger charge is 2.11. The summed E-state index contributed by atoms with van der Waals surface area (Å²) in [5, 5.41) is 12.9. The Bertz CT molecular complexity index is 814. The number of carbonyl (C=O) groups excluding carboxylic acids is 1. The molecule has 0 radical (unpaired) electrons. The first kappa shape index (κ1) is 15.2. The van der Waals surface area contributed by atoms with Gasteiger partial charge in [0.25, 0.3) is 5.91 Å². The summed E-state index contributed by atoms with van der Waals surface area (Å²) in [6.45, 7) is 0.384. The third kappa shape index (κ3) is 3.37. The van der Waals surface area contributed by atoms with Crippen LogP contribution in [0.1, 0.15) is 28.4 Å². The van der Waals surface area contributed by atoms with Gasteiger partial charge in [-0.25, -0.2) is 9.97 Å². The van der Waals surface area contributed by atoms with E-state index in [1.807, 2.05) is 37.4 Å². The maximum Gasteiger partial charge on any atom is 0.252 e. The predicted octanol–water partition coefficient (Wildman–Crippen LogP) is 1.82. The van der Waals surface area contributed by atoms with Crippen LogP contribution in [0.5, 0.6) is 0 Å². The van der Waals surface area contributed by atoms with Crippen molar-refractivity contribution in [2.45, 2.75) is 12.5 Å². The zero-order valence-electron chi connectivity index (χ0n) is 12.8. The van der Waals surface area contributed by atoms with Gasteiger partial charge in [-0.2, -0.15) is 0 Å². The predicted molar refractivity (Wildman–Crippen MR) is 86.9 cm³/mol. The number of aryl methyl sites for hydroxylation is 1. The maximum absolute atomic E-state index is 12.1. The number of aliphatic hydroxyl groups excluding tert-OH is 1. The van der Waals surface area contributed by atoms with Gasteiger partial charge in [-0.05, 0) is 18.1 Å². The lowest BCUT2D eigenvalue weighted by Gasteiger charge is -2.11. The average Bonchev–Trinajstić information content (AvgIpc) is 2.96. The summed E-state index contributed by atoms with van der Waals surface area (Å²) in [5.41, 5.74) is 2.73. The molecule has 3 aromatic rings. The Hall–Kier alpha value is -2.73. The number of aliphatic hydroxyl groups is 1. The first-order valence-electron chi connectivity index (χ1n) is 7.43. The lowest BCUT2D eigenvalue weighted by atomic mass is 10.1. The Morgan fingerprint density at radius 3 is 2.87 bits per heavy atom. The van der Waals surface area contributed by atoms with E-state index in [-0.39, 0.29) is 5.91 Å². The first-order chi connectivity index (χ1) is 11.1. The molecule has 1 aromatic carbocycles. The normalized spacial score (nSPS) is 12.3. The molecule has 2 aromatic heterocycles. The molecule has 1 amide bonds. The smallest absolute Gasteiger partial charge is 0.252 e. The van der Waals surface area contributed by atoms with Gasteiger partial charge < -0.3 is 15.0 Å². The maximum atomic E-state index is 12.1. The van der Waals surface area contributed by atoms with Crippen LogP contribution in [0.3, 0.4) is 0 Å². The summed E-state index contributed by atoms with van der Waals surface area (Å²) in [5.74, 6) is -0.217. The second-order valence-electron chi connectivity index (χ2n) is 5.39. The summed E-state index contributed by atoms with van der Waals surface area (Å²) in [4.78, 5) is 20.6. The third-order valence-corrected chi connectivity index (χ3v) is 3.70. The molecule has 6 heteroatoms. The molecule has 1 unspecified atom stereocenters. The number of fused-ring (bicyclic) bond motifs is 1. The van der Waals surface area contributed by atoms with Crippen molar-refractivity contribution in [3.05, 3.63) is 60.0 Å². The van der Waals surface area contributed by atoms with Crippen LogP contribution in [-0.4, -0.2) is 32.1 Å². The standard InChI is InChI=1S/C17H18N4O2/c1-21-11-20-14-9-13(10-19-16(14)21)17(23)18-8-7-15(22)12-5-3-2-4-6-12/h2-6,9-11,15,22H,7-8H2,1H3,(H,18,23). The van der Waals surface area contributed by atoms with Gasteiger partial charge in [0, 0.05) is 19.8 Å². The summed E-state index contributed by atoms with van der Waals surface area (Å²) >= 11 is 0. The van der Waals surface area contributed by atoms with Crippen LogP contribution in [0.2, 0.25) is 0 Å². The number of carbonyl (C=O) groups is 1. The number of pyridine rings is 1. The Labute approximate surface area is 133 Å². The van der Waals surface area contributed by atoms with Crippen molar-refractivity contribution in [3.63, 3.8) is 0 Å². The number of amides is 1. The molecule has 2 heterocycles. The highest BCUT2D eigenvalue weighted by atomic mass is 16.3. The molecule has 0 saturated carbocycles. The summed E-state index contributed by atoms with van der Waals surface area (Å²) in [6.07, 6.45) is 3.06. The van der Waals surface area contributed by atoms with Gasteiger partial charge in [0.2, 0.25) is 0 Å². The van der Waals surface area contributed by atoms with E-state index >= 15 is 0 Å². The van der Waals surface area contributed by atoms with Crippen LogP contribution in [0, 0.1) is 0 Å². The third-order valence-electron chi connectivity index (χ3n) is 3.70. The zero-order chi connectivity index (χ0) is 16.2. The van der Waals surface area contributed by atoms with Gasteiger partial charge in [-0.1, -0.05) is 30.3 Å². The van der Waals surface area contributed by atoms with Crippen LogP contribution in [-0.2, 0) is 7.05 Å². The van der Waals surface area contributed by atoms with Crippen LogP contribution < -0.4 is 5.32 Å². The van der Waals surface area contributed by atoms with Crippen molar-refractivity contribution in [1.29, 1.82) is 0 Å². The number of hydrogen-bond acceptors (Lipinski definition) is 4. The average molecular weight is 310 g/mol. The molecule has 0 aliphatic heterocycles. The van der Waals surface area contributed by atoms with E-state index in [4.69, 9.17) is 0 Å². The van der Waals surface area contributed by atoms with E-state index in [2.05, 4.69) is 15.3 Å². The van der Waals surface area contributed by atoms with E-state index < -0.39 is 6.10 Å². The lowest BCUT2D eigenvalue weighted by Crippen LogP contribution is -2.25. The number of nitrogens with zero attached hydrogens (tertiary/aromatic N) is 3.